The first kappa shape index (κ1) is 14.3. The summed E-state index contributed by atoms with van der Waals surface area (Å²) in [4.78, 5) is 11.7. The summed E-state index contributed by atoms with van der Waals surface area (Å²) in [6, 6.07) is 4.85. The van der Waals surface area contributed by atoms with Gasteiger partial charge in [-0.3, -0.25) is 0 Å². The summed E-state index contributed by atoms with van der Waals surface area (Å²) in [6.45, 7) is 0.169. The number of halogens is 1. The molecule has 0 aliphatic heterocycles. The topological polar surface area (TPSA) is 85.2 Å². The molecule has 6 heteroatoms. The second-order valence-corrected chi connectivity index (χ2v) is 5.04. The Hall–Kier alpha value is -2.13. The van der Waals surface area contributed by atoms with Crippen molar-refractivity contribution in [3.8, 4) is 6.07 Å². The van der Waals surface area contributed by atoms with Crippen molar-refractivity contribution in [2.45, 2.75) is 31.3 Å². The van der Waals surface area contributed by atoms with Crippen molar-refractivity contribution in [3.05, 3.63) is 29.6 Å². The predicted octanol–water partition coefficient (Wildman–Crippen LogP) is 2.12. The van der Waals surface area contributed by atoms with E-state index in [0.717, 1.165) is 18.9 Å². The summed E-state index contributed by atoms with van der Waals surface area (Å²) in [6.07, 6.45) is 3.26. The second-order valence-electron chi connectivity index (χ2n) is 5.04. The van der Waals surface area contributed by atoms with Crippen LogP contribution in [0.1, 0.15) is 31.2 Å². The molecule has 0 radical (unpaired) electrons. The fourth-order valence-electron chi connectivity index (χ4n) is 2.34. The van der Waals surface area contributed by atoms with Crippen molar-refractivity contribution < 1.29 is 14.3 Å². The molecule has 106 valence electrons. The Morgan fingerprint density at radius 1 is 1.45 bits per heavy atom. The lowest BCUT2D eigenvalue weighted by atomic mass is 10.0. The van der Waals surface area contributed by atoms with Gasteiger partial charge in [-0.2, -0.15) is 5.26 Å². The number of amides is 2. The minimum absolute atomic E-state index is 0.0553. The molecule has 0 unspecified atom stereocenters. The van der Waals surface area contributed by atoms with Crippen LogP contribution in [-0.2, 0) is 0 Å². The quantitative estimate of drug-likeness (QED) is 0.791. The van der Waals surface area contributed by atoms with E-state index < -0.39 is 17.4 Å². The minimum Gasteiger partial charge on any atom is -0.388 e. The molecule has 20 heavy (non-hydrogen) atoms. The third kappa shape index (κ3) is 3.45. The number of carbonyl (C=O) groups excluding carboxylic acids is 1. The maximum atomic E-state index is 13.0. The Morgan fingerprint density at radius 2 is 2.15 bits per heavy atom. The number of carbonyl (C=O) groups is 1. The molecule has 1 aromatic rings. The molecule has 1 saturated carbocycles. The van der Waals surface area contributed by atoms with E-state index in [1.54, 1.807) is 0 Å². The molecule has 0 saturated heterocycles. The highest BCUT2D eigenvalue weighted by molar-refractivity contribution is 5.90. The fraction of sp³-hybridized carbons (Fsp3) is 0.429. The van der Waals surface area contributed by atoms with Crippen LogP contribution in [0.25, 0.3) is 0 Å². The molecule has 0 aromatic heterocycles. The average molecular weight is 277 g/mol. The number of hydrogen-bond donors (Lipinski definition) is 3. The Kier molecular flexibility index (Phi) is 4.20. The molecular formula is C14H16FN3O2. The third-order valence-corrected chi connectivity index (χ3v) is 3.46. The summed E-state index contributed by atoms with van der Waals surface area (Å²) in [5.41, 5.74) is -0.539. The molecule has 3 N–H and O–H groups in total. The molecule has 2 rings (SSSR count). The van der Waals surface area contributed by atoms with Gasteiger partial charge in [0.05, 0.1) is 16.9 Å². The summed E-state index contributed by atoms with van der Waals surface area (Å²) in [5.74, 6) is -0.534. The van der Waals surface area contributed by atoms with Crippen LogP contribution in [0.4, 0.5) is 14.9 Å². The molecule has 0 bridgehead atoms. The highest BCUT2D eigenvalue weighted by atomic mass is 19.1. The van der Waals surface area contributed by atoms with Crippen molar-refractivity contribution in [2.24, 2.45) is 0 Å². The van der Waals surface area contributed by atoms with Gasteiger partial charge < -0.3 is 15.7 Å². The summed E-state index contributed by atoms with van der Waals surface area (Å²) in [7, 11) is 0. The normalized spacial score (nSPS) is 16.4. The van der Waals surface area contributed by atoms with E-state index in [9.17, 15) is 14.3 Å². The van der Waals surface area contributed by atoms with Crippen molar-refractivity contribution in [1.82, 2.24) is 5.32 Å². The van der Waals surface area contributed by atoms with E-state index in [-0.39, 0.29) is 17.8 Å². The highest BCUT2D eigenvalue weighted by Crippen LogP contribution is 2.28. The highest BCUT2D eigenvalue weighted by Gasteiger charge is 2.31. The maximum Gasteiger partial charge on any atom is 0.319 e. The SMILES string of the molecule is N#Cc1cc(F)ccc1NC(=O)NCC1(O)CCCC1. The summed E-state index contributed by atoms with van der Waals surface area (Å²) >= 11 is 0. The lowest BCUT2D eigenvalue weighted by Crippen LogP contribution is -2.42. The van der Waals surface area contributed by atoms with E-state index in [1.807, 2.05) is 6.07 Å². The number of nitriles is 1. The third-order valence-electron chi connectivity index (χ3n) is 3.46. The van der Waals surface area contributed by atoms with E-state index in [0.29, 0.717) is 12.8 Å². The zero-order valence-corrected chi connectivity index (χ0v) is 10.9. The van der Waals surface area contributed by atoms with Crippen molar-refractivity contribution in [2.75, 3.05) is 11.9 Å². The molecule has 0 spiro atoms. The van der Waals surface area contributed by atoms with E-state index in [1.165, 1.54) is 12.1 Å². The maximum absolute atomic E-state index is 13.0. The first-order valence-electron chi connectivity index (χ1n) is 6.49. The van der Waals surface area contributed by atoms with Gasteiger partial charge in [-0.25, -0.2) is 9.18 Å². The predicted molar refractivity (Wildman–Crippen MR) is 71.6 cm³/mol. The van der Waals surface area contributed by atoms with Crippen molar-refractivity contribution >= 4 is 11.7 Å². The monoisotopic (exact) mass is 277 g/mol. The number of benzene rings is 1. The van der Waals surface area contributed by atoms with Crippen LogP contribution in [0.2, 0.25) is 0 Å². The van der Waals surface area contributed by atoms with E-state index >= 15 is 0 Å². The van der Waals surface area contributed by atoms with Crippen molar-refractivity contribution in [3.63, 3.8) is 0 Å². The number of nitrogens with zero attached hydrogens (tertiary/aromatic N) is 1. The fourth-order valence-corrected chi connectivity index (χ4v) is 2.34. The number of hydrogen-bond acceptors (Lipinski definition) is 3. The molecular weight excluding hydrogens is 261 g/mol. The van der Waals surface area contributed by atoms with Crippen LogP contribution < -0.4 is 10.6 Å². The van der Waals surface area contributed by atoms with Gasteiger partial charge in [0.25, 0.3) is 0 Å². The lowest BCUT2D eigenvalue weighted by molar-refractivity contribution is 0.0506. The molecule has 1 fully saturated rings. The van der Waals surface area contributed by atoms with Gasteiger partial charge in [0, 0.05) is 6.54 Å². The van der Waals surface area contributed by atoms with Gasteiger partial charge >= 0.3 is 6.03 Å². The Balaban J connectivity index is 1.93. The number of nitrogens with one attached hydrogen (secondary N) is 2. The smallest absolute Gasteiger partial charge is 0.319 e. The van der Waals surface area contributed by atoms with Gasteiger partial charge in [-0.15, -0.1) is 0 Å². The minimum atomic E-state index is -0.835. The Labute approximate surface area is 116 Å². The Bertz CT molecular complexity index is 548. The molecule has 1 aliphatic carbocycles. The number of urea groups is 1. The van der Waals surface area contributed by atoms with Gasteiger partial charge in [-0.05, 0) is 31.0 Å². The van der Waals surface area contributed by atoms with Crippen LogP contribution >= 0.6 is 0 Å². The standard InChI is InChI=1S/C14H16FN3O2/c15-11-3-4-12(10(7-11)8-16)18-13(19)17-9-14(20)5-1-2-6-14/h3-4,7,20H,1-2,5-6,9H2,(H2,17,18,19). The van der Waals surface area contributed by atoms with Gasteiger partial charge in [0.15, 0.2) is 0 Å². The van der Waals surface area contributed by atoms with E-state index in [2.05, 4.69) is 10.6 Å². The number of aliphatic hydroxyl groups is 1. The van der Waals surface area contributed by atoms with Crippen LogP contribution in [0, 0.1) is 17.1 Å². The molecule has 1 aromatic carbocycles. The zero-order valence-electron chi connectivity index (χ0n) is 10.9. The van der Waals surface area contributed by atoms with Gasteiger partial charge in [0.1, 0.15) is 11.9 Å². The van der Waals surface area contributed by atoms with Gasteiger partial charge in [-0.1, -0.05) is 12.8 Å². The zero-order chi connectivity index (χ0) is 14.6. The second kappa shape index (κ2) is 5.88. The average Bonchev–Trinajstić information content (AvgIpc) is 2.86. The number of rotatable bonds is 3. The van der Waals surface area contributed by atoms with E-state index in [4.69, 9.17) is 5.26 Å². The molecule has 0 heterocycles. The summed E-state index contributed by atoms with van der Waals surface area (Å²) < 4.78 is 13.0. The molecule has 0 atom stereocenters. The molecule has 5 nitrogen and oxygen atoms in total. The largest absolute Gasteiger partial charge is 0.388 e. The van der Waals surface area contributed by atoms with Crippen LogP contribution in [0.3, 0.4) is 0 Å². The first-order valence-corrected chi connectivity index (χ1v) is 6.49. The first-order chi connectivity index (χ1) is 9.52. The lowest BCUT2D eigenvalue weighted by Gasteiger charge is -2.22. The van der Waals surface area contributed by atoms with Gasteiger partial charge in [0.2, 0.25) is 0 Å². The van der Waals surface area contributed by atoms with Crippen LogP contribution in [0.15, 0.2) is 18.2 Å². The van der Waals surface area contributed by atoms with Crippen LogP contribution in [-0.4, -0.2) is 23.3 Å². The molecule has 2 amide bonds. The summed E-state index contributed by atoms with van der Waals surface area (Å²) in [5, 5.41) is 24.0. The number of anilines is 1. The molecule has 1 aliphatic rings. The van der Waals surface area contributed by atoms with Crippen LogP contribution in [0.5, 0.6) is 0 Å². The van der Waals surface area contributed by atoms with Crippen molar-refractivity contribution in [1.29, 1.82) is 5.26 Å². The Morgan fingerprint density at radius 3 is 2.80 bits per heavy atom.